The molecule has 1 aliphatic carbocycles. The van der Waals surface area contributed by atoms with Gasteiger partial charge in [0.25, 0.3) is 0 Å². The molecule has 0 spiro atoms. The number of nitrogens with one attached hydrogen (secondary N) is 1. The zero-order chi connectivity index (χ0) is 16.5. The van der Waals surface area contributed by atoms with E-state index in [4.69, 9.17) is 4.74 Å². The van der Waals surface area contributed by atoms with Gasteiger partial charge in [-0.05, 0) is 62.9 Å². The molecule has 0 amide bonds. The van der Waals surface area contributed by atoms with Crippen LogP contribution in [-0.2, 0) is 12.8 Å². The van der Waals surface area contributed by atoms with E-state index < -0.39 is 0 Å². The number of ether oxygens (including phenoxy) is 1. The molecule has 0 atom stereocenters. The molecular formula is C21H21NO2. The molecule has 3 aromatic rings. The summed E-state index contributed by atoms with van der Waals surface area (Å²) in [6.45, 7) is 2.05. The van der Waals surface area contributed by atoms with Crippen molar-refractivity contribution in [2.45, 2.75) is 39.0 Å². The Balaban J connectivity index is 1.76. The van der Waals surface area contributed by atoms with Crippen LogP contribution in [-0.4, -0.2) is 4.98 Å². The highest BCUT2D eigenvalue weighted by atomic mass is 16.5. The maximum absolute atomic E-state index is 12.9. The monoisotopic (exact) mass is 319 g/mol. The topological polar surface area (TPSA) is 42.1 Å². The van der Waals surface area contributed by atoms with E-state index in [0.29, 0.717) is 5.75 Å². The van der Waals surface area contributed by atoms with Crippen molar-refractivity contribution in [3.63, 3.8) is 0 Å². The van der Waals surface area contributed by atoms with Gasteiger partial charge in [-0.1, -0.05) is 24.1 Å². The van der Waals surface area contributed by atoms with Crippen LogP contribution < -0.4 is 10.2 Å². The van der Waals surface area contributed by atoms with E-state index in [1.165, 1.54) is 12.0 Å². The third-order valence-corrected chi connectivity index (χ3v) is 4.77. The van der Waals surface area contributed by atoms with Gasteiger partial charge < -0.3 is 9.72 Å². The number of aromatic nitrogens is 1. The highest BCUT2D eigenvalue weighted by molar-refractivity contribution is 5.81. The molecule has 0 saturated carbocycles. The van der Waals surface area contributed by atoms with Gasteiger partial charge in [0.05, 0.1) is 0 Å². The van der Waals surface area contributed by atoms with Gasteiger partial charge >= 0.3 is 0 Å². The van der Waals surface area contributed by atoms with E-state index in [0.717, 1.165) is 53.6 Å². The number of pyridine rings is 1. The maximum Gasteiger partial charge on any atom is 0.192 e. The lowest BCUT2D eigenvalue weighted by atomic mass is 10.0. The van der Waals surface area contributed by atoms with Gasteiger partial charge in [-0.2, -0.15) is 0 Å². The molecule has 0 saturated heterocycles. The molecule has 1 N–H and O–H groups in total. The molecule has 24 heavy (non-hydrogen) atoms. The van der Waals surface area contributed by atoms with Gasteiger partial charge in [0, 0.05) is 22.2 Å². The molecule has 3 nitrogen and oxygen atoms in total. The van der Waals surface area contributed by atoms with Crippen LogP contribution in [0.25, 0.3) is 10.9 Å². The second kappa shape index (κ2) is 6.16. The molecular weight excluding hydrogens is 298 g/mol. The first kappa shape index (κ1) is 15.0. The van der Waals surface area contributed by atoms with Gasteiger partial charge in [-0.3, -0.25) is 4.79 Å². The molecule has 2 aromatic carbocycles. The number of hydrogen-bond donors (Lipinski definition) is 1. The number of fused-ring (bicyclic) bond motifs is 2. The molecule has 1 heterocycles. The second-order valence-corrected chi connectivity index (χ2v) is 6.59. The largest absolute Gasteiger partial charge is 0.457 e. The molecule has 4 rings (SSSR count). The number of aromatic amines is 1. The van der Waals surface area contributed by atoms with Gasteiger partial charge in [0.2, 0.25) is 0 Å². The van der Waals surface area contributed by atoms with Gasteiger partial charge in [-0.15, -0.1) is 0 Å². The predicted molar refractivity (Wildman–Crippen MR) is 97.1 cm³/mol. The Morgan fingerprint density at radius 3 is 2.50 bits per heavy atom. The van der Waals surface area contributed by atoms with Gasteiger partial charge in [0.15, 0.2) is 5.43 Å². The standard InChI is InChI=1S/C21H21NO2/c1-14-7-9-15(10-8-14)24-16-11-12-20-18(13-16)21(23)17-5-3-2-4-6-19(17)22-20/h7-13H,2-6H2,1H3,(H,22,23). The summed E-state index contributed by atoms with van der Waals surface area (Å²) >= 11 is 0. The third-order valence-electron chi connectivity index (χ3n) is 4.77. The van der Waals surface area contributed by atoms with E-state index in [2.05, 4.69) is 4.98 Å². The molecule has 1 aliphatic rings. The predicted octanol–water partition coefficient (Wildman–Crippen LogP) is 4.90. The zero-order valence-electron chi connectivity index (χ0n) is 13.9. The number of rotatable bonds is 2. The van der Waals surface area contributed by atoms with Crippen LogP contribution in [0.15, 0.2) is 47.3 Å². The average molecular weight is 319 g/mol. The van der Waals surface area contributed by atoms with E-state index in [9.17, 15) is 4.79 Å². The number of H-pyrrole nitrogens is 1. The summed E-state index contributed by atoms with van der Waals surface area (Å²) < 4.78 is 5.91. The molecule has 122 valence electrons. The lowest BCUT2D eigenvalue weighted by molar-refractivity contribution is 0.483. The minimum atomic E-state index is 0.162. The van der Waals surface area contributed by atoms with Crippen LogP contribution in [0.1, 0.15) is 36.1 Å². The van der Waals surface area contributed by atoms with Crippen molar-refractivity contribution < 1.29 is 4.74 Å². The summed E-state index contributed by atoms with van der Waals surface area (Å²) in [7, 11) is 0. The fourth-order valence-corrected chi connectivity index (χ4v) is 3.42. The van der Waals surface area contributed by atoms with Crippen molar-refractivity contribution in [2.24, 2.45) is 0 Å². The minimum absolute atomic E-state index is 0.162. The van der Waals surface area contributed by atoms with E-state index in [1.807, 2.05) is 49.4 Å². The summed E-state index contributed by atoms with van der Waals surface area (Å²) in [5, 5.41) is 0.722. The molecule has 1 aromatic heterocycles. The van der Waals surface area contributed by atoms with Crippen molar-refractivity contribution in [1.29, 1.82) is 0 Å². The Morgan fingerprint density at radius 1 is 0.917 bits per heavy atom. The minimum Gasteiger partial charge on any atom is -0.457 e. The Bertz CT molecular complexity index is 938. The van der Waals surface area contributed by atoms with E-state index >= 15 is 0 Å². The van der Waals surface area contributed by atoms with Crippen LogP contribution >= 0.6 is 0 Å². The first-order valence-electron chi connectivity index (χ1n) is 8.63. The smallest absolute Gasteiger partial charge is 0.192 e. The fourth-order valence-electron chi connectivity index (χ4n) is 3.42. The number of benzene rings is 2. The fraction of sp³-hybridized carbons (Fsp3) is 0.286. The molecule has 0 radical (unpaired) electrons. The van der Waals surface area contributed by atoms with Crippen molar-refractivity contribution >= 4 is 10.9 Å². The Labute approximate surface area is 141 Å². The number of aryl methyl sites for hydroxylation is 2. The molecule has 0 aliphatic heterocycles. The van der Waals surface area contributed by atoms with Gasteiger partial charge in [-0.25, -0.2) is 0 Å². The second-order valence-electron chi connectivity index (χ2n) is 6.59. The van der Waals surface area contributed by atoms with E-state index in [-0.39, 0.29) is 5.43 Å². The molecule has 0 bridgehead atoms. The summed E-state index contributed by atoms with van der Waals surface area (Å²) in [5.41, 5.74) is 4.34. The summed E-state index contributed by atoms with van der Waals surface area (Å²) in [4.78, 5) is 16.4. The maximum atomic E-state index is 12.9. The molecule has 0 unspecified atom stereocenters. The highest BCUT2D eigenvalue weighted by Crippen LogP contribution is 2.26. The van der Waals surface area contributed by atoms with Crippen LogP contribution in [0.2, 0.25) is 0 Å². The normalized spacial score (nSPS) is 14.2. The quantitative estimate of drug-likeness (QED) is 0.683. The molecule has 3 heteroatoms. The summed E-state index contributed by atoms with van der Waals surface area (Å²) in [6.07, 6.45) is 5.30. The van der Waals surface area contributed by atoms with Crippen LogP contribution in [0.5, 0.6) is 11.5 Å². The summed E-state index contributed by atoms with van der Waals surface area (Å²) in [6, 6.07) is 13.7. The first-order chi connectivity index (χ1) is 11.7. The number of hydrogen-bond acceptors (Lipinski definition) is 2. The first-order valence-corrected chi connectivity index (χ1v) is 8.63. The third kappa shape index (κ3) is 2.82. The lowest BCUT2D eigenvalue weighted by Crippen LogP contribution is -2.14. The Hall–Kier alpha value is -2.55. The van der Waals surface area contributed by atoms with Crippen molar-refractivity contribution in [1.82, 2.24) is 4.98 Å². The van der Waals surface area contributed by atoms with Crippen LogP contribution in [0, 0.1) is 6.92 Å². The van der Waals surface area contributed by atoms with E-state index in [1.54, 1.807) is 0 Å². The van der Waals surface area contributed by atoms with Crippen molar-refractivity contribution in [3.8, 4) is 11.5 Å². The molecule has 0 fully saturated rings. The van der Waals surface area contributed by atoms with Crippen molar-refractivity contribution in [2.75, 3.05) is 0 Å². The highest BCUT2D eigenvalue weighted by Gasteiger charge is 2.15. The lowest BCUT2D eigenvalue weighted by Gasteiger charge is -2.10. The average Bonchev–Trinajstić information content (AvgIpc) is 2.83. The van der Waals surface area contributed by atoms with Crippen LogP contribution in [0.4, 0.5) is 0 Å². The van der Waals surface area contributed by atoms with Gasteiger partial charge in [0.1, 0.15) is 11.5 Å². The SMILES string of the molecule is Cc1ccc(Oc2ccc3[nH]c4c(c(=O)c3c2)CCCCC4)cc1. The Morgan fingerprint density at radius 2 is 1.67 bits per heavy atom. The van der Waals surface area contributed by atoms with Crippen molar-refractivity contribution in [3.05, 3.63) is 69.5 Å². The zero-order valence-corrected chi connectivity index (χ0v) is 13.9. The summed E-state index contributed by atoms with van der Waals surface area (Å²) in [5.74, 6) is 1.48. The Kier molecular flexibility index (Phi) is 3.85. The van der Waals surface area contributed by atoms with Crippen LogP contribution in [0.3, 0.4) is 0 Å².